The van der Waals surface area contributed by atoms with Crippen LogP contribution < -0.4 is 16.9 Å². The summed E-state index contributed by atoms with van der Waals surface area (Å²) in [5, 5.41) is 3.35. The lowest BCUT2D eigenvalue weighted by Gasteiger charge is -1.98. The number of carbonyl (C=O) groups excluding carboxylic acids is 1. The highest BCUT2D eigenvalue weighted by molar-refractivity contribution is 5.94. The van der Waals surface area contributed by atoms with Crippen molar-refractivity contribution < 1.29 is 4.79 Å². The molecule has 1 aromatic rings. The lowest BCUT2D eigenvalue weighted by Crippen LogP contribution is -2.28. The minimum atomic E-state index is -0.379. The Morgan fingerprint density at radius 2 is 2.00 bits per heavy atom. The Morgan fingerprint density at radius 1 is 1.38 bits per heavy atom. The molecule has 1 aromatic heterocycles. The van der Waals surface area contributed by atoms with Gasteiger partial charge in [0.1, 0.15) is 0 Å². The zero-order chi connectivity index (χ0) is 9.68. The summed E-state index contributed by atoms with van der Waals surface area (Å²) in [6.07, 6.45) is 3.01. The van der Waals surface area contributed by atoms with Crippen molar-refractivity contribution in [2.45, 2.75) is 0 Å². The van der Waals surface area contributed by atoms with Crippen LogP contribution in [-0.4, -0.2) is 16.9 Å². The first-order valence-electron chi connectivity index (χ1n) is 3.49. The van der Waals surface area contributed by atoms with Crippen molar-refractivity contribution in [1.29, 1.82) is 0 Å². The van der Waals surface area contributed by atoms with Crippen molar-refractivity contribution in [3.8, 4) is 0 Å². The molecular formula is C7H9N5O. The number of guanidine groups is 1. The van der Waals surface area contributed by atoms with Gasteiger partial charge in [0.05, 0.1) is 0 Å². The van der Waals surface area contributed by atoms with Crippen LogP contribution in [0.2, 0.25) is 0 Å². The van der Waals surface area contributed by atoms with Crippen LogP contribution in [0.4, 0.5) is 0 Å². The third-order valence-corrected chi connectivity index (χ3v) is 1.23. The van der Waals surface area contributed by atoms with Gasteiger partial charge in [-0.1, -0.05) is 0 Å². The number of hydrazone groups is 1. The maximum Gasteiger partial charge on any atom is 0.271 e. The molecule has 13 heavy (non-hydrogen) atoms. The first-order chi connectivity index (χ1) is 6.20. The molecule has 0 saturated heterocycles. The molecule has 0 radical (unpaired) electrons. The van der Waals surface area contributed by atoms with E-state index < -0.39 is 0 Å². The second-order valence-electron chi connectivity index (χ2n) is 2.21. The summed E-state index contributed by atoms with van der Waals surface area (Å²) in [5.41, 5.74) is 12.7. The fraction of sp³-hybridized carbons (Fsp3) is 0. The van der Waals surface area contributed by atoms with E-state index in [1.165, 1.54) is 12.4 Å². The molecule has 0 aliphatic heterocycles. The highest BCUT2D eigenvalue weighted by atomic mass is 16.2. The van der Waals surface area contributed by atoms with E-state index in [4.69, 9.17) is 11.5 Å². The minimum absolute atomic E-state index is 0.192. The average molecular weight is 179 g/mol. The number of carbonyl (C=O) groups is 1. The minimum Gasteiger partial charge on any atom is -0.369 e. The predicted octanol–water partition coefficient (Wildman–Crippen LogP) is -1.00. The molecule has 0 aromatic carbocycles. The maximum absolute atomic E-state index is 11.2. The Bertz CT molecular complexity index is 317. The maximum atomic E-state index is 11.2. The molecule has 0 saturated carbocycles. The summed E-state index contributed by atoms with van der Waals surface area (Å²) in [7, 11) is 0. The number of amides is 1. The number of nitrogens with one attached hydrogen (secondary N) is 1. The topological polar surface area (TPSA) is 106 Å². The van der Waals surface area contributed by atoms with Crippen LogP contribution in [0.25, 0.3) is 0 Å². The summed E-state index contributed by atoms with van der Waals surface area (Å²) in [6.45, 7) is 0. The van der Waals surface area contributed by atoms with Crippen LogP contribution >= 0.6 is 0 Å². The summed E-state index contributed by atoms with van der Waals surface area (Å²) < 4.78 is 0. The van der Waals surface area contributed by atoms with Crippen LogP contribution in [0, 0.1) is 0 Å². The van der Waals surface area contributed by atoms with E-state index in [1.54, 1.807) is 12.1 Å². The van der Waals surface area contributed by atoms with Gasteiger partial charge in [-0.3, -0.25) is 9.78 Å². The number of nitrogens with two attached hydrogens (primary N) is 2. The van der Waals surface area contributed by atoms with Crippen LogP contribution in [-0.2, 0) is 0 Å². The normalized spacial score (nSPS) is 8.92. The van der Waals surface area contributed by atoms with Gasteiger partial charge in [0, 0.05) is 18.0 Å². The Balaban J connectivity index is 2.65. The second-order valence-corrected chi connectivity index (χ2v) is 2.21. The van der Waals surface area contributed by atoms with Crippen molar-refractivity contribution in [3.05, 3.63) is 30.1 Å². The van der Waals surface area contributed by atoms with Gasteiger partial charge in [0.15, 0.2) is 0 Å². The standard InChI is InChI=1S/C7H9N5O/c8-7(9)12-11-6(13)5-1-3-10-4-2-5/h1-4H,(H,11,13)(H4,8,9,12). The molecule has 0 spiro atoms. The molecule has 0 aliphatic rings. The van der Waals surface area contributed by atoms with Gasteiger partial charge in [0.25, 0.3) is 5.91 Å². The predicted molar refractivity (Wildman–Crippen MR) is 47.5 cm³/mol. The Morgan fingerprint density at radius 3 is 2.54 bits per heavy atom. The van der Waals surface area contributed by atoms with Crippen molar-refractivity contribution in [2.75, 3.05) is 0 Å². The number of hydrogen-bond donors (Lipinski definition) is 3. The Kier molecular flexibility index (Phi) is 2.80. The molecule has 1 amide bonds. The third-order valence-electron chi connectivity index (χ3n) is 1.23. The first-order valence-corrected chi connectivity index (χ1v) is 3.49. The number of rotatable bonds is 2. The monoisotopic (exact) mass is 179 g/mol. The van der Waals surface area contributed by atoms with Crippen LogP contribution in [0.3, 0.4) is 0 Å². The SMILES string of the molecule is NC(N)=NNC(=O)c1ccncc1. The lowest BCUT2D eigenvalue weighted by molar-refractivity contribution is 0.0954. The van der Waals surface area contributed by atoms with E-state index >= 15 is 0 Å². The van der Waals surface area contributed by atoms with Gasteiger partial charge < -0.3 is 11.5 Å². The fourth-order valence-electron chi connectivity index (χ4n) is 0.683. The first kappa shape index (κ1) is 8.98. The Labute approximate surface area is 74.6 Å². The van der Waals surface area contributed by atoms with E-state index in [0.29, 0.717) is 5.56 Å². The molecule has 0 bridgehead atoms. The zero-order valence-corrected chi connectivity index (χ0v) is 6.77. The molecule has 68 valence electrons. The molecule has 1 heterocycles. The highest BCUT2D eigenvalue weighted by Crippen LogP contribution is 1.94. The summed E-state index contributed by atoms with van der Waals surface area (Å²) in [5.74, 6) is -0.571. The summed E-state index contributed by atoms with van der Waals surface area (Å²) >= 11 is 0. The molecule has 6 heteroatoms. The molecular weight excluding hydrogens is 170 g/mol. The molecule has 0 fully saturated rings. The third kappa shape index (κ3) is 2.78. The van der Waals surface area contributed by atoms with E-state index in [-0.39, 0.29) is 11.9 Å². The molecule has 5 N–H and O–H groups in total. The van der Waals surface area contributed by atoms with Crippen LogP contribution in [0.5, 0.6) is 0 Å². The summed E-state index contributed by atoms with van der Waals surface area (Å²) in [6, 6.07) is 3.11. The van der Waals surface area contributed by atoms with E-state index in [2.05, 4.69) is 15.5 Å². The smallest absolute Gasteiger partial charge is 0.271 e. The largest absolute Gasteiger partial charge is 0.369 e. The quantitative estimate of drug-likeness (QED) is 0.307. The van der Waals surface area contributed by atoms with E-state index in [9.17, 15) is 4.79 Å². The number of pyridine rings is 1. The van der Waals surface area contributed by atoms with Gasteiger partial charge in [-0.05, 0) is 12.1 Å². The molecule has 0 aliphatic carbocycles. The fourth-order valence-corrected chi connectivity index (χ4v) is 0.683. The van der Waals surface area contributed by atoms with Crippen molar-refractivity contribution in [3.63, 3.8) is 0 Å². The Hall–Kier alpha value is -2.11. The molecule has 1 rings (SSSR count). The van der Waals surface area contributed by atoms with Crippen molar-refractivity contribution in [1.82, 2.24) is 10.4 Å². The van der Waals surface area contributed by atoms with E-state index in [1.807, 2.05) is 0 Å². The van der Waals surface area contributed by atoms with E-state index in [0.717, 1.165) is 0 Å². The van der Waals surface area contributed by atoms with Gasteiger partial charge in [-0.2, -0.15) is 0 Å². The van der Waals surface area contributed by atoms with Crippen molar-refractivity contribution >= 4 is 11.9 Å². The average Bonchev–Trinajstić information content (AvgIpc) is 2.15. The van der Waals surface area contributed by atoms with Crippen molar-refractivity contribution in [2.24, 2.45) is 16.6 Å². The number of aromatic nitrogens is 1. The van der Waals surface area contributed by atoms with Gasteiger partial charge >= 0.3 is 0 Å². The van der Waals surface area contributed by atoms with Gasteiger partial charge in [0.2, 0.25) is 5.96 Å². The lowest BCUT2D eigenvalue weighted by atomic mass is 10.3. The summed E-state index contributed by atoms with van der Waals surface area (Å²) in [4.78, 5) is 14.9. The number of hydrogen-bond acceptors (Lipinski definition) is 3. The molecule has 0 atom stereocenters. The molecule has 6 nitrogen and oxygen atoms in total. The highest BCUT2D eigenvalue weighted by Gasteiger charge is 2.01. The molecule has 0 unspecified atom stereocenters. The van der Waals surface area contributed by atoms with Gasteiger partial charge in [-0.25, -0.2) is 5.43 Å². The zero-order valence-electron chi connectivity index (χ0n) is 6.77. The van der Waals surface area contributed by atoms with Gasteiger partial charge in [-0.15, -0.1) is 5.10 Å². The van der Waals surface area contributed by atoms with Crippen LogP contribution in [0.15, 0.2) is 29.6 Å². The number of nitrogens with zero attached hydrogens (tertiary/aromatic N) is 2. The second kappa shape index (κ2) is 4.05. The van der Waals surface area contributed by atoms with Crippen LogP contribution in [0.1, 0.15) is 10.4 Å².